The van der Waals surface area contributed by atoms with E-state index in [0.717, 1.165) is 48.9 Å². The number of benzene rings is 11. The fourth-order valence-electron chi connectivity index (χ4n) is 14.6. The van der Waals surface area contributed by atoms with E-state index < -0.39 is 8.24 Å². The van der Waals surface area contributed by atoms with E-state index >= 15 is 0 Å². The second kappa shape index (κ2) is 15.9. The van der Waals surface area contributed by atoms with Gasteiger partial charge in [-0.2, -0.15) is 0 Å². The highest BCUT2D eigenvalue weighted by atomic mass is 32.1. The van der Waals surface area contributed by atoms with Gasteiger partial charge in [0.2, 0.25) is 0 Å². The van der Waals surface area contributed by atoms with Gasteiger partial charge in [-0.05, 0) is 85.3 Å². The summed E-state index contributed by atoms with van der Waals surface area (Å²) in [6.07, 6.45) is 0. The minimum atomic E-state index is -3.30. The number of rotatable bonds is 5. The first-order valence-electron chi connectivity index (χ1n) is 27.1. The molecule has 78 heavy (non-hydrogen) atoms. The highest BCUT2D eigenvalue weighted by Crippen LogP contribution is 2.56. The number of anilines is 3. The Hall–Kier alpha value is -9.33. The lowest BCUT2D eigenvalue weighted by molar-refractivity contribution is 0.633. The first-order chi connectivity index (χ1) is 38.4. The Morgan fingerprint density at radius 3 is 1.73 bits per heavy atom. The van der Waals surface area contributed by atoms with Gasteiger partial charge >= 0.3 is 0 Å². The van der Waals surface area contributed by atoms with Crippen LogP contribution in [0.4, 0.5) is 17.1 Å². The van der Waals surface area contributed by atoms with Gasteiger partial charge in [0.25, 0.3) is 8.24 Å². The monoisotopic (exact) mass is 1030 g/mol. The first kappa shape index (κ1) is 43.9. The van der Waals surface area contributed by atoms with Gasteiger partial charge in [-0.3, -0.25) is 4.40 Å². The highest BCUT2D eigenvalue weighted by Gasteiger charge is 2.52. The van der Waals surface area contributed by atoms with Crippen LogP contribution in [0.5, 0.6) is 0 Å². The molecule has 0 spiro atoms. The maximum absolute atomic E-state index is 6.97. The molecule has 0 saturated carbocycles. The average molecular weight is 1030 g/mol. The van der Waals surface area contributed by atoms with E-state index in [-0.39, 0.29) is 5.41 Å². The topological polar surface area (TPSA) is 17.0 Å². The molecule has 0 amide bonds. The van der Waals surface area contributed by atoms with Crippen LogP contribution in [0.2, 0.25) is 0 Å². The summed E-state index contributed by atoms with van der Waals surface area (Å²) in [6.45, 7) is 4.83. The lowest BCUT2D eigenvalue weighted by Gasteiger charge is -2.44. The summed E-state index contributed by atoms with van der Waals surface area (Å²) >= 11 is 6.97. The van der Waals surface area contributed by atoms with Gasteiger partial charge in [-0.1, -0.05) is 244 Å². The van der Waals surface area contributed by atoms with E-state index in [1.54, 1.807) is 0 Å². The summed E-state index contributed by atoms with van der Waals surface area (Å²) in [5.41, 5.74) is 20.0. The summed E-state index contributed by atoms with van der Waals surface area (Å²) in [5, 5.41) is 11.1. The molecule has 0 unspecified atom stereocenters. The Morgan fingerprint density at radius 2 is 0.987 bits per heavy atom. The number of para-hydroxylation sites is 4. The molecule has 366 valence electrons. The van der Waals surface area contributed by atoms with E-state index in [4.69, 9.17) is 12.2 Å². The van der Waals surface area contributed by atoms with Crippen molar-refractivity contribution in [3.8, 4) is 33.5 Å². The third kappa shape index (κ3) is 5.50. The Labute approximate surface area is 457 Å². The molecule has 4 aromatic heterocycles. The molecule has 4 nitrogen and oxygen atoms in total. The number of hydrogen-bond donors (Lipinski definition) is 0. The van der Waals surface area contributed by atoms with Crippen LogP contribution in [0.25, 0.3) is 98.9 Å². The molecule has 2 aliphatic heterocycles. The Morgan fingerprint density at radius 1 is 0.397 bits per heavy atom. The molecule has 0 saturated heterocycles. The minimum Gasteiger partial charge on any atom is -0.353 e. The van der Waals surface area contributed by atoms with Crippen molar-refractivity contribution < 1.29 is 0 Å². The van der Waals surface area contributed by atoms with Gasteiger partial charge in [0.05, 0.1) is 50.3 Å². The van der Waals surface area contributed by atoms with Gasteiger partial charge in [-0.25, -0.2) is 0 Å². The second-order valence-corrected chi connectivity index (χ2v) is 25.8. The van der Waals surface area contributed by atoms with E-state index in [1.807, 2.05) is 0 Å². The van der Waals surface area contributed by atoms with Crippen LogP contribution in [-0.2, 0) is 5.41 Å². The first-order valence-corrected chi connectivity index (χ1v) is 29.4. The molecular formula is C72H48N4SSi. The quantitative estimate of drug-likeness (QED) is 0.126. The second-order valence-electron chi connectivity index (χ2n) is 21.9. The van der Waals surface area contributed by atoms with Crippen molar-refractivity contribution in [1.82, 2.24) is 13.0 Å². The zero-order valence-electron chi connectivity index (χ0n) is 42.9. The van der Waals surface area contributed by atoms with Crippen LogP contribution in [0.15, 0.2) is 255 Å². The molecule has 0 radical (unpaired) electrons. The van der Waals surface area contributed by atoms with Crippen LogP contribution in [-0.4, -0.2) is 21.3 Å². The molecule has 11 aromatic carbocycles. The number of nitrogens with zero attached hydrogens (tertiary/aromatic N) is 4. The van der Waals surface area contributed by atoms with E-state index in [0.29, 0.717) is 0 Å². The predicted molar refractivity (Wildman–Crippen MR) is 332 cm³/mol. The van der Waals surface area contributed by atoms with Crippen molar-refractivity contribution >= 4 is 118 Å². The van der Waals surface area contributed by atoms with Crippen LogP contribution in [0.3, 0.4) is 0 Å². The molecule has 6 heterocycles. The zero-order chi connectivity index (χ0) is 51.6. The third-order valence-electron chi connectivity index (χ3n) is 17.7. The van der Waals surface area contributed by atoms with Crippen molar-refractivity contribution in [2.75, 3.05) is 4.90 Å². The summed E-state index contributed by atoms with van der Waals surface area (Å²) in [5.74, 6) is 0. The largest absolute Gasteiger partial charge is 0.353 e. The summed E-state index contributed by atoms with van der Waals surface area (Å²) in [6, 6.07) is 95.8. The maximum atomic E-state index is 6.97. The van der Waals surface area contributed by atoms with E-state index in [9.17, 15) is 0 Å². The molecule has 0 bridgehead atoms. The van der Waals surface area contributed by atoms with Crippen LogP contribution >= 0.6 is 12.2 Å². The molecule has 0 aliphatic carbocycles. The molecule has 15 aromatic rings. The summed E-state index contributed by atoms with van der Waals surface area (Å²) in [4.78, 5) is 2.64. The van der Waals surface area contributed by atoms with Crippen molar-refractivity contribution in [2.45, 2.75) is 19.3 Å². The molecule has 2 aliphatic rings. The van der Waals surface area contributed by atoms with Gasteiger partial charge in [-0.15, -0.1) is 0 Å². The normalized spacial score (nSPS) is 14.3. The van der Waals surface area contributed by atoms with E-state index in [2.05, 4.69) is 287 Å². The SMILES string of the molecule is CC1(C)c2ccccc2N2c3c1cccc3[Si](c1ccccc1)(c1ccccc1)n1c3ccccc3c3c(-c4ccc5c(c4)c(=S)n4c6ccccc6c6ccc7c(-c8ccccc8)c(-c8ccccc8)n5c7c64)ccc2c31. The summed E-state index contributed by atoms with van der Waals surface area (Å²) in [7, 11) is -3.30. The molecular weight excluding hydrogens is 981 g/mol. The molecule has 6 heteroatoms. The lowest BCUT2D eigenvalue weighted by Crippen LogP contribution is -2.72. The number of hydrogen-bond acceptors (Lipinski definition) is 2. The van der Waals surface area contributed by atoms with Crippen molar-refractivity contribution in [3.63, 3.8) is 0 Å². The van der Waals surface area contributed by atoms with Gasteiger partial charge in [0.1, 0.15) is 4.64 Å². The average Bonchev–Trinajstić information content (AvgIpc) is 3.96. The Bertz CT molecular complexity index is 5040. The predicted octanol–water partition coefficient (Wildman–Crippen LogP) is 16.9. The van der Waals surface area contributed by atoms with Gasteiger partial charge in [0, 0.05) is 48.8 Å². The maximum Gasteiger partial charge on any atom is 0.259 e. The number of aromatic nitrogens is 3. The molecule has 0 fully saturated rings. The van der Waals surface area contributed by atoms with Crippen molar-refractivity contribution in [1.29, 1.82) is 0 Å². The van der Waals surface area contributed by atoms with Crippen LogP contribution in [0, 0.1) is 4.64 Å². The molecule has 17 rings (SSSR count). The van der Waals surface area contributed by atoms with Crippen molar-refractivity contribution in [3.05, 3.63) is 271 Å². The van der Waals surface area contributed by atoms with Gasteiger partial charge in [0.15, 0.2) is 0 Å². The summed E-state index contributed by atoms with van der Waals surface area (Å²) < 4.78 is 8.57. The highest BCUT2D eigenvalue weighted by molar-refractivity contribution is 7.71. The third-order valence-corrected chi connectivity index (χ3v) is 22.8. The molecule has 0 N–H and O–H groups in total. The fraction of sp³-hybridized carbons (Fsp3) is 0.0417. The van der Waals surface area contributed by atoms with Gasteiger partial charge < -0.3 is 13.5 Å². The molecule has 0 atom stereocenters. The number of fused-ring (bicyclic) bond motifs is 11. The smallest absolute Gasteiger partial charge is 0.259 e. The zero-order valence-corrected chi connectivity index (χ0v) is 44.8. The fourth-order valence-corrected chi connectivity index (χ4v) is 20.0. The lowest BCUT2D eigenvalue weighted by atomic mass is 9.73. The van der Waals surface area contributed by atoms with E-state index in [1.165, 1.54) is 98.4 Å². The van der Waals surface area contributed by atoms with Crippen molar-refractivity contribution in [2.24, 2.45) is 0 Å². The van der Waals surface area contributed by atoms with Crippen LogP contribution < -0.4 is 20.5 Å². The van der Waals surface area contributed by atoms with Crippen LogP contribution in [0.1, 0.15) is 25.0 Å². The standard InChI is InChI=1S/C72H48N4SSi/c1-72(2)56-32-17-20-36-61(56)73-62-43-41-50(65-53-31-16-19-35-60(53)76(70(62)65)78(48-26-11-5-12-27-48,49-28-13-6-14-29-49)63-37-21-33-57(72)69(63)73)47-38-42-59-55(44-47)71(77)75-58-34-18-15-30-51(58)52-39-40-54-64(45-22-7-3-8-23-45)66(46-24-9-4-10-25-46)74(59)68(54)67(52)75/h3-44H,1-2H3. The Kier molecular flexibility index (Phi) is 8.92. The minimum absolute atomic E-state index is 0.268. The Balaban J connectivity index is 1.06.